The quantitative estimate of drug-likeness (QED) is 0.724. The fraction of sp³-hybridized carbons (Fsp3) is 0.176. The van der Waals surface area contributed by atoms with Crippen LogP contribution in [0, 0.1) is 0 Å². The molecule has 0 atom stereocenters. The zero-order valence-corrected chi connectivity index (χ0v) is 14.9. The number of carbonyl (C=O) groups is 2. The van der Waals surface area contributed by atoms with Crippen LogP contribution in [0.15, 0.2) is 53.0 Å². The molecule has 0 aliphatic carbocycles. The number of ether oxygens (including phenoxy) is 1. The molecule has 0 aromatic heterocycles. The second kappa shape index (κ2) is 8.70. The summed E-state index contributed by atoms with van der Waals surface area (Å²) >= 11 is 3.27. The minimum absolute atomic E-state index is 0.0169. The average Bonchev–Trinajstić information content (AvgIpc) is 2.56. The van der Waals surface area contributed by atoms with Gasteiger partial charge in [-0.25, -0.2) is 0 Å². The van der Waals surface area contributed by atoms with Crippen LogP contribution in [-0.2, 0) is 4.79 Å². The Bertz CT molecular complexity index is 762. The lowest BCUT2D eigenvalue weighted by Crippen LogP contribution is -2.27. The lowest BCUT2D eigenvalue weighted by molar-refractivity contribution is -0.274. The minimum Gasteiger partial charge on any atom is -0.406 e. The molecule has 0 bridgehead atoms. The van der Waals surface area contributed by atoms with E-state index in [0.29, 0.717) is 11.3 Å². The Morgan fingerprint density at radius 2 is 1.62 bits per heavy atom. The van der Waals surface area contributed by atoms with Crippen molar-refractivity contribution in [1.82, 2.24) is 5.32 Å². The van der Waals surface area contributed by atoms with Crippen LogP contribution in [0.4, 0.5) is 18.9 Å². The summed E-state index contributed by atoms with van der Waals surface area (Å²) in [7, 11) is 0. The molecular weight excluding hydrogens is 417 g/mol. The minimum atomic E-state index is -4.77. The Hall–Kier alpha value is -2.55. The van der Waals surface area contributed by atoms with Gasteiger partial charge in [0.2, 0.25) is 5.91 Å². The molecule has 0 fully saturated rings. The topological polar surface area (TPSA) is 67.4 Å². The smallest absolute Gasteiger partial charge is 0.406 e. The molecule has 0 aliphatic rings. The fourth-order valence-electron chi connectivity index (χ4n) is 1.96. The standard InChI is InChI=1S/C17H14BrF3N2O3/c18-12-3-1-11(2-4-12)16(25)22-10-9-15(24)23-13-5-7-14(8-6-13)26-17(19,20)21/h1-8H,9-10H2,(H,22,25)(H,23,24). The summed E-state index contributed by atoms with van der Waals surface area (Å²) in [5.41, 5.74) is 0.789. The largest absolute Gasteiger partial charge is 0.573 e. The van der Waals surface area contributed by atoms with Gasteiger partial charge >= 0.3 is 6.36 Å². The van der Waals surface area contributed by atoms with Crippen LogP contribution in [0.1, 0.15) is 16.8 Å². The molecule has 9 heteroatoms. The zero-order chi connectivity index (χ0) is 19.2. The summed E-state index contributed by atoms with van der Waals surface area (Å²) < 4.78 is 40.8. The van der Waals surface area contributed by atoms with E-state index in [2.05, 4.69) is 31.3 Å². The van der Waals surface area contributed by atoms with Crippen molar-refractivity contribution >= 4 is 33.4 Å². The van der Waals surface area contributed by atoms with Crippen molar-refractivity contribution in [2.75, 3.05) is 11.9 Å². The average molecular weight is 431 g/mol. The zero-order valence-electron chi connectivity index (χ0n) is 13.3. The van der Waals surface area contributed by atoms with E-state index >= 15 is 0 Å². The van der Waals surface area contributed by atoms with E-state index in [0.717, 1.165) is 16.6 Å². The van der Waals surface area contributed by atoms with Crippen LogP contribution >= 0.6 is 15.9 Å². The lowest BCUT2D eigenvalue weighted by atomic mass is 10.2. The molecule has 0 spiro atoms. The van der Waals surface area contributed by atoms with Gasteiger partial charge in [-0.3, -0.25) is 9.59 Å². The van der Waals surface area contributed by atoms with E-state index in [1.165, 1.54) is 12.1 Å². The Labute approximate surface area is 155 Å². The van der Waals surface area contributed by atoms with Crippen LogP contribution in [0.2, 0.25) is 0 Å². The fourth-order valence-corrected chi connectivity index (χ4v) is 2.22. The number of carbonyl (C=O) groups excluding carboxylic acids is 2. The number of hydrogen-bond acceptors (Lipinski definition) is 3. The normalized spacial score (nSPS) is 10.9. The van der Waals surface area contributed by atoms with E-state index in [1.54, 1.807) is 24.3 Å². The van der Waals surface area contributed by atoms with Gasteiger partial charge in [0.05, 0.1) is 0 Å². The predicted molar refractivity (Wildman–Crippen MR) is 92.8 cm³/mol. The molecule has 5 nitrogen and oxygen atoms in total. The van der Waals surface area contributed by atoms with Crippen molar-refractivity contribution < 1.29 is 27.5 Å². The van der Waals surface area contributed by atoms with Gasteiger partial charge in [0.15, 0.2) is 0 Å². The Balaban J connectivity index is 1.76. The van der Waals surface area contributed by atoms with E-state index in [9.17, 15) is 22.8 Å². The molecule has 0 saturated heterocycles. The maximum atomic E-state index is 12.1. The van der Waals surface area contributed by atoms with Gasteiger partial charge < -0.3 is 15.4 Å². The number of rotatable bonds is 6. The predicted octanol–water partition coefficient (Wildman–Crippen LogP) is 4.11. The molecule has 2 N–H and O–H groups in total. The van der Waals surface area contributed by atoms with Gasteiger partial charge in [0.1, 0.15) is 5.75 Å². The van der Waals surface area contributed by atoms with Gasteiger partial charge in [-0.15, -0.1) is 13.2 Å². The van der Waals surface area contributed by atoms with Gasteiger partial charge in [-0.05, 0) is 48.5 Å². The first-order chi connectivity index (χ1) is 12.2. The molecule has 0 saturated carbocycles. The SMILES string of the molecule is O=C(CCNC(=O)c1ccc(Br)cc1)Nc1ccc(OC(F)(F)F)cc1. The maximum absolute atomic E-state index is 12.1. The van der Waals surface area contributed by atoms with Gasteiger partial charge in [-0.1, -0.05) is 15.9 Å². The number of nitrogens with one attached hydrogen (secondary N) is 2. The van der Waals surface area contributed by atoms with Gasteiger partial charge in [0.25, 0.3) is 5.91 Å². The Morgan fingerprint density at radius 3 is 2.19 bits per heavy atom. The number of hydrogen-bond donors (Lipinski definition) is 2. The maximum Gasteiger partial charge on any atom is 0.573 e. The molecule has 2 aromatic rings. The summed E-state index contributed by atoms with van der Waals surface area (Å²) in [6, 6.07) is 11.5. The molecule has 0 heterocycles. The summed E-state index contributed by atoms with van der Waals surface area (Å²) in [5.74, 6) is -1.07. The first kappa shape index (κ1) is 19.8. The molecular formula is C17H14BrF3N2O3. The lowest BCUT2D eigenvalue weighted by Gasteiger charge is -2.10. The highest BCUT2D eigenvalue weighted by atomic mass is 79.9. The van der Waals surface area contributed by atoms with Crippen LogP contribution in [0.3, 0.4) is 0 Å². The van der Waals surface area contributed by atoms with E-state index in [-0.39, 0.29) is 30.5 Å². The summed E-state index contributed by atoms with van der Waals surface area (Å²) in [6.45, 7) is 0.121. The first-order valence-electron chi connectivity index (χ1n) is 7.42. The Kier molecular flexibility index (Phi) is 6.62. The molecule has 138 valence electrons. The highest BCUT2D eigenvalue weighted by molar-refractivity contribution is 9.10. The highest BCUT2D eigenvalue weighted by Crippen LogP contribution is 2.23. The summed E-state index contributed by atoms with van der Waals surface area (Å²) in [4.78, 5) is 23.7. The molecule has 26 heavy (non-hydrogen) atoms. The number of halogens is 4. The number of anilines is 1. The number of amides is 2. The van der Waals surface area contributed by atoms with Gasteiger partial charge in [-0.2, -0.15) is 0 Å². The van der Waals surface area contributed by atoms with Crippen LogP contribution in [0.5, 0.6) is 5.75 Å². The van der Waals surface area contributed by atoms with Crippen molar-refractivity contribution in [1.29, 1.82) is 0 Å². The monoisotopic (exact) mass is 430 g/mol. The van der Waals surface area contributed by atoms with Crippen LogP contribution in [0.25, 0.3) is 0 Å². The number of benzene rings is 2. The third kappa shape index (κ3) is 6.75. The van der Waals surface area contributed by atoms with E-state index < -0.39 is 6.36 Å². The second-order valence-corrected chi connectivity index (χ2v) is 6.05. The van der Waals surface area contributed by atoms with Gasteiger partial charge in [0, 0.05) is 28.7 Å². The second-order valence-electron chi connectivity index (χ2n) is 5.13. The highest BCUT2D eigenvalue weighted by Gasteiger charge is 2.30. The van der Waals surface area contributed by atoms with Crippen LogP contribution < -0.4 is 15.4 Å². The number of alkyl halides is 3. The first-order valence-corrected chi connectivity index (χ1v) is 8.22. The summed E-state index contributed by atoms with van der Waals surface area (Å²) in [6.07, 6.45) is -4.75. The third-order valence-electron chi connectivity index (χ3n) is 3.12. The van der Waals surface area contributed by atoms with Crippen molar-refractivity contribution in [3.8, 4) is 5.75 Å². The third-order valence-corrected chi connectivity index (χ3v) is 3.64. The molecule has 2 rings (SSSR count). The molecule has 2 amide bonds. The van der Waals surface area contributed by atoms with Crippen molar-refractivity contribution in [3.05, 3.63) is 58.6 Å². The molecule has 2 aromatic carbocycles. The van der Waals surface area contributed by atoms with Crippen LogP contribution in [-0.4, -0.2) is 24.7 Å². The molecule has 0 unspecified atom stereocenters. The van der Waals surface area contributed by atoms with Crippen molar-refractivity contribution in [2.24, 2.45) is 0 Å². The van der Waals surface area contributed by atoms with Crippen molar-refractivity contribution in [3.63, 3.8) is 0 Å². The van der Waals surface area contributed by atoms with E-state index in [1.807, 2.05) is 0 Å². The Morgan fingerprint density at radius 1 is 1.00 bits per heavy atom. The van der Waals surface area contributed by atoms with E-state index in [4.69, 9.17) is 0 Å². The summed E-state index contributed by atoms with van der Waals surface area (Å²) in [5, 5.41) is 5.13. The van der Waals surface area contributed by atoms with Crippen molar-refractivity contribution in [2.45, 2.75) is 12.8 Å². The molecule has 0 aliphatic heterocycles. The molecule has 0 radical (unpaired) electrons.